The fourth-order valence-corrected chi connectivity index (χ4v) is 1.29. The highest BCUT2D eigenvalue weighted by molar-refractivity contribution is 9.10. The molecule has 0 fully saturated rings. The molecule has 0 aromatic heterocycles. The Balaban J connectivity index is 2.63. The van der Waals surface area contributed by atoms with Gasteiger partial charge in [0.2, 0.25) is 0 Å². The van der Waals surface area contributed by atoms with Gasteiger partial charge in [-0.05, 0) is 23.4 Å². The SMILES string of the molecule is O=C1[N]N=Nc2ccc(Br)cc21. The lowest BCUT2D eigenvalue weighted by Crippen LogP contribution is -2.12. The second-order valence-corrected chi connectivity index (χ2v) is 3.17. The highest BCUT2D eigenvalue weighted by Gasteiger charge is 2.16. The summed E-state index contributed by atoms with van der Waals surface area (Å²) in [6.07, 6.45) is 0. The molecule has 0 N–H and O–H groups in total. The number of hydrogen-bond acceptors (Lipinski definition) is 3. The van der Waals surface area contributed by atoms with Crippen LogP contribution >= 0.6 is 15.9 Å². The molecule has 2 rings (SSSR count). The van der Waals surface area contributed by atoms with Crippen molar-refractivity contribution in [2.45, 2.75) is 0 Å². The second-order valence-electron chi connectivity index (χ2n) is 2.26. The zero-order valence-electron chi connectivity index (χ0n) is 5.86. The molecule has 1 aromatic rings. The van der Waals surface area contributed by atoms with Crippen molar-refractivity contribution in [3.05, 3.63) is 28.2 Å². The Morgan fingerprint density at radius 1 is 1.33 bits per heavy atom. The summed E-state index contributed by atoms with van der Waals surface area (Å²) in [6.45, 7) is 0. The Hall–Kier alpha value is -1.23. The van der Waals surface area contributed by atoms with Gasteiger partial charge in [0.25, 0.3) is 5.91 Å². The van der Waals surface area contributed by atoms with E-state index in [0.29, 0.717) is 11.3 Å². The summed E-state index contributed by atoms with van der Waals surface area (Å²) >= 11 is 3.25. The molecular weight excluding hydrogens is 222 g/mol. The van der Waals surface area contributed by atoms with E-state index in [1.54, 1.807) is 18.2 Å². The number of carbonyl (C=O) groups excluding carboxylic acids is 1. The van der Waals surface area contributed by atoms with Gasteiger partial charge in [-0.3, -0.25) is 4.79 Å². The standard InChI is InChI=1S/C7H3BrN3O/c8-4-1-2-6-5(3-4)7(12)10-11-9-6/h1-3H. The number of rotatable bonds is 0. The summed E-state index contributed by atoms with van der Waals surface area (Å²) in [6, 6.07) is 5.20. The number of amides is 1. The van der Waals surface area contributed by atoms with E-state index in [0.717, 1.165) is 4.47 Å². The van der Waals surface area contributed by atoms with E-state index >= 15 is 0 Å². The van der Waals surface area contributed by atoms with Crippen LogP contribution in [0.5, 0.6) is 0 Å². The van der Waals surface area contributed by atoms with Gasteiger partial charge in [-0.15, -0.1) is 5.11 Å². The van der Waals surface area contributed by atoms with Crippen LogP contribution < -0.4 is 5.43 Å². The summed E-state index contributed by atoms with van der Waals surface area (Å²) in [5.41, 5.74) is 4.36. The molecule has 59 valence electrons. The summed E-state index contributed by atoms with van der Waals surface area (Å²) in [7, 11) is 0. The summed E-state index contributed by atoms with van der Waals surface area (Å²) < 4.78 is 0.835. The highest BCUT2D eigenvalue weighted by Crippen LogP contribution is 2.25. The molecule has 1 aromatic carbocycles. The van der Waals surface area contributed by atoms with Crippen molar-refractivity contribution in [2.75, 3.05) is 0 Å². The van der Waals surface area contributed by atoms with Crippen molar-refractivity contribution in [3.8, 4) is 0 Å². The first-order chi connectivity index (χ1) is 5.77. The molecule has 4 nitrogen and oxygen atoms in total. The van der Waals surface area contributed by atoms with Gasteiger partial charge in [-0.25, -0.2) is 0 Å². The maximum atomic E-state index is 11.1. The van der Waals surface area contributed by atoms with E-state index in [9.17, 15) is 4.79 Å². The molecule has 1 aliphatic rings. The smallest absolute Gasteiger partial charge is 0.265 e. The van der Waals surface area contributed by atoms with Crippen LogP contribution in [0, 0.1) is 0 Å². The lowest BCUT2D eigenvalue weighted by atomic mass is 10.1. The molecule has 1 radical (unpaired) electrons. The Kier molecular flexibility index (Phi) is 1.65. The van der Waals surface area contributed by atoms with Gasteiger partial charge in [-0.2, -0.15) is 0 Å². The minimum atomic E-state index is -0.346. The van der Waals surface area contributed by atoms with Crippen LogP contribution in [0.2, 0.25) is 0 Å². The van der Waals surface area contributed by atoms with Gasteiger partial charge in [0.15, 0.2) is 0 Å². The van der Waals surface area contributed by atoms with E-state index < -0.39 is 0 Å². The summed E-state index contributed by atoms with van der Waals surface area (Å²) in [5.74, 6) is -0.346. The Labute approximate surface area is 76.8 Å². The van der Waals surface area contributed by atoms with Crippen molar-refractivity contribution in [3.63, 3.8) is 0 Å². The van der Waals surface area contributed by atoms with Gasteiger partial charge >= 0.3 is 0 Å². The average molecular weight is 225 g/mol. The zero-order valence-corrected chi connectivity index (χ0v) is 7.45. The van der Waals surface area contributed by atoms with Gasteiger partial charge in [0.05, 0.1) is 5.56 Å². The molecule has 1 amide bonds. The van der Waals surface area contributed by atoms with E-state index in [-0.39, 0.29) is 5.91 Å². The fraction of sp³-hybridized carbons (Fsp3) is 0. The monoisotopic (exact) mass is 224 g/mol. The Bertz CT molecular complexity index is 375. The molecule has 0 bridgehead atoms. The molecule has 1 heterocycles. The van der Waals surface area contributed by atoms with Gasteiger partial charge in [0.1, 0.15) is 5.69 Å². The lowest BCUT2D eigenvalue weighted by molar-refractivity contribution is 0.0943. The van der Waals surface area contributed by atoms with E-state index in [1.165, 1.54) is 0 Å². The van der Waals surface area contributed by atoms with Crippen LogP contribution in [0.1, 0.15) is 10.4 Å². The molecule has 0 spiro atoms. The topological polar surface area (TPSA) is 55.9 Å². The van der Waals surface area contributed by atoms with Crippen molar-refractivity contribution >= 4 is 27.5 Å². The third kappa shape index (κ3) is 1.12. The molecule has 12 heavy (non-hydrogen) atoms. The highest BCUT2D eigenvalue weighted by atomic mass is 79.9. The Morgan fingerprint density at radius 2 is 2.17 bits per heavy atom. The third-order valence-electron chi connectivity index (χ3n) is 1.48. The maximum Gasteiger partial charge on any atom is 0.299 e. The number of benzene rings is 1. The van der Waals surface area contributed by atoms with Crippen LogP contribution in [0.25, 0.3) is 0 Å². The molecular formula is C7H3BrN3O. The number of nitrogens with zero attached hydrogens (tertiary/aromatic N) is 3. The molecule has 0 atom stereocenters. The molecule has 0 saturated carbocycles. The van der Waals surface area contributed by atoms with Crippen molar-refractivity contribution in [2.24, 2.45) is 10.3 Å². The van der Waals surface area contributed by atoms with Crippen LogP contribution in [-0.4, -0.2) is 5.91 Å². The quantitative estimate of drug-likeness (QED) is 0.667. The van der Waals surface area contributed by atoms with Crippen LogP contribution in [0.4, 0.5) is 5.69 Å². The minimum absolute atomic E-state index is 0.346. The van der Waals surface area contributed by atoms with E-state index in [1.807, 2.05) is 0 Å². The fourth-order valence-electron chi connectivity index (χ4n) is 0.932. The number of fused-ring (bicyclic) bond motifs is 1. The lowest BCUT2D eigenvalue weighted by Gasteiger charge is -2.05. The zero-order chi connectivity index (χ0) is 8.55. The summed E-state index contributed by atoms with van der Waals surface area (Å²) in [4.78, 5) is 11.1. The first-order valence-electron chi connectivity index (χ1n) is 3.23. The Morgan fingerprint density at radius 3 is 3.00 bits per heavy atom. The van der Waals surface area contributed by atoms with Gasteiger partial charge < -0.3 is 0 Å². The minimum Gasteiger partial charge on any atom is -0.265 e. The molecule has 1 aliphatic heterocycles. The molecule has 0 saturated heterocycles. The van der Waals surface area contributed by atoms with Gasteiger partial charge in [-0.1, -0.05) is 21.4 Å². The van der Waals surface area contributed by atoms with Crippen molar-refractivity contribution in [1.29, 1.82) is 0 Å². The van der Waals surface area contributed by atoms with Crippen molar-refractivity contribution in [1.82, 2.24) is 5.43 Å². The maximum absolute atomic E-state index is 11.1. The number of hydrogen-bond donors (Lipinski definition) is 0. The largest absolute Gasteiger partial charge is 0.299 e. The number of carbonyl (C=O) groups is 1. The predicted molar refractivity (Wildman–Crippen MR) is 45.1 cm³/mol. The molecule has 0 unspecified atom stereocenters. The second kappa shape index (κ2) is 2.67. The first-order valence-corrected chi connectivity index (χ1v) is 4.02. The van der Waals surface area contributed by atoms with Crippen molar-refractivity contribution < 1.29 is 4.79 Å². The third-order valence-corrected chi connectivity index (χ3v) is 1.97. The molecule has 0 aliphatic carbocycles. The van der Waals surface area contributed by atoms with E-state index in [2.05, 4.69) is 31.7 Å². The van der Waals surface area contributed by atoms with Crippen LogP contribution in [0.15, 0.2) is 33.0 Å². The van der Waals surface area contributed by atoms with Gasteiger partial charge in [0, 0.05) is 4.47 Å². The van der Waals surface area contributed by atoms with Crippen LogP contribution in [0.3, 0.4) is 0 Å². The molecule has 5 heteroatoms. The predicted octanol–water partition coefficient (Wildman–Crippen LogP) is 2.21. The first kappa shape index (κ1) is 7.42. The normalized spacial score (nSPS) is 13.9. The van der Waals surface area contributed by atoms with E-state index in [4.69, 9.17) is 0 Å². The van der Waals surface area contributed by atoms with Crippen LogP contribution in [-0.2, 0) is 0 Å². The number of halogens is 1. The average Bonchev–Trinajstić information content (AvgIpc) is 2.07. The summed E-state index contributed by atoms with van der Waals surface area (Å²) in [5, 5.41) is 7.02.